The minimum atomic E-state index is -0.485. The molecule has 20 heavy (non-hydrogen) atoms. The number of carbonyl (C=O) groups excluding carboxylic acids is 1. The number of carbonyl (C=O) groups is 1. The molecule has 2 rings (SSSR count). The van der Waals surface area contributed by atoms with Gasteiger partial charge < -0.3 is 11.1 Å². The molecule has 0 unspecified atom stereocenters. The number of aromatic nitrogens is 3. The first-order valence-electron chi connectivity index (χ1n) is 6.21. The van der Waals surface area contributed by atoms with Crippen LogP contribution in [0.25, 0.3) is 5.69 Å². The largest absolute Gasteiger partial charge is 0.325 e. The molecule has 1 aromatic carbocycles. The Balaban J connectivity index is 2.03. The van der Waals surface area contributed by atoms with Crippen molar-refractivity contribution >= 4 is 23.4 Å². The van der Waals surface area contributed by atoms with Gasteiger partial charge in [0.25, 0.3) is 0 Å². The van der Waals surface area contributed by atoms with E-state index in [1.807, 2.05) is 30.5 Å². The Morgan fingerprint density at radius 3 is 2.90 bits per heavy atom. The Hall–Kier alpha value is -1.86. The zero-order valence-electron chi connectivity index (χ0n) is 11.2. The molecule has 7 heteroatoms. The van der Waals surface area contributed by atoms with Gasteiger partial charge in [0.1, 0.15) is 12.7 Å². The first-order chi connectivity index (χ1) is 9.70. The summed E-state index contributed by atoms with van der Waals surface area (Å²) < 4.78 is 1.77. The van der Waals surface area contributed by atoms with Gasteiger partial charge in [-0.3, -0.25) is 9.36 Å². The number of nitrogens with zero attached hydrogens (tertiary/aromatic N) is 3. The van der Waals surface area contributed by atoms with Gasteiger partial charge in [-0.2, -0.15) is 11.8 Å². The average molecular weight is 291 g/mol. The van der Waals surface area contributed by atoms with Gasteiger partial charge in [-0.15, -0.1) is 10.2 Å². The maximum Gasteiger partial charge on any atom is 0.241 e. The summed E-state index contributed by atoms with van der Waals surface area (Å²) in [6, 6.07) is 6.96. The van der Waals surface area contributed by atoms with Crippen LogP contribution in [0.3, 0.4) is 0 Å². The van der Waals surface area contributed by atoms with Crippen molar-refractivity contribution in [3.8, 4) is 5.69 Å². The molecule has 0 fully saturated rings. The topological polar surface area (TPSA) is 85.8 Å². The van der Waals surface area contributed by atoms with E-state index in [-0.39, 0.29) is 5.91 Å². The van der Waals surface area contributed by atoms with Crippen LogP contribution in [-0.2, 0) is 4.79 Å². The highest BCUT2D eigenvalue weighted by atomic mass is 32.2. The third kappa shape index (κ3) is 3.82. The number of benzene rings is 1. The number of hydrogen-bond acceptors (Lipinski definition) is 5. The van der Waals surface area contributed by atoms with Crippen molar-refractivity contribution in [2.24, 2.45) is 5.73 Å². The molecule has 6 nitrogen and oxygen atoms in total. The summed E-state index contributed by atoms with van der Waals surface area (Å²) in [5.74, 6) is 0.704. The van der Waals surface area contributed by atoms with Crippen LogP contribution in [0.1, 0.15) is 6.42 Å². The summed E-state index contributed by atoms with van der Waals surface area (Å²) in [7, 11) is 0. The van der Waals surface area contributed by atoms with E-state index in [2.05, 4.69) is 15.5 Å². The summed E-state index contributed by atoms with van der Waals surface area (Å²) in [5.41, 5.74) is 7.42. The van der Waals surface area contributed by atoms with Crippen molar-refractivity contribution in [1.82, 2.24) is 14.8 Å². The van der Waals surface area contributed by atoms with Gasteiger partial charge in [0, 0.05) is 5.69 Å². The van der Waals surface area contributed by atoms with Crippen LogP contribution < -0.4 is 11.1 Å². The van der Waals surface area contributed by atoms with Crippen molar-refractivity contribution in [1.29, 1.82) is 0 Å². The van der Waals surface area contributed by atoms with E-state index in [0.29, 0.717) is 12.1 Å². The SMILES string of the molecule is CSCC[C@H](N)C(=O)Nc1cccc(-n2cnnc2)c1. The number of nitrogens with two attached hydrogens (primary N) is 1. The molecule has 0 aliphatic rings. The molecule has 0 aliphatic heterocycles. The number of rotatable bonds is 6. The Kier molecular flexibility index (Phi) is 5.14. The van der Waals surface area contributed by atoms with Crippen molar-refractivity contribution in [2.45, 2.75) is 12.5 Å². The first kappa shape index (κ1) is 14.5. The number of thioether (sulfide) groups is 1. The highest BCUT2D eigenvalue weighted by Gasteiger charge is 2.13. The van der Waals surface area contributed by atoms with E-state index in [9.17, 15) is 4.79 Å². The minimum absolute atomic E-state index is 0.167. The predicted molar refractivity (Wildman–Crippen MR) is 81.0 cm³/mol. The minimum Gasteiger partial charge on any atom is -0.325 e. The van der Waals surface area contributed by atoms with E-state index >= 15 is 0 Å². The maximum atomic E-state index is 11.9. The summed E-state index contributed by atoms with van der Waals surface area (Å²) in [6.07, 6.45) is 5.86. The van der Waals surface area contributed by atoms with E-state index in [1.54, 1.807) is 29.0 Å². The average Bonchev–Trinajstić information content (AvgIpc) is 2.99. The molecule has 1 heterocycles. The van der Waals surface area contributed by atoms with E-state index in [0.717, 1.165) is 11.4 Å². The third-order valence-electron chi connectivity index (χ3n) is 2.80. The Bertz CT molecular complexity index is 558. The molecule has 1 amide bonds. The molecule has 3 N–H and O–H groups in total. The summed E-state index contributed by atoms with van der Waals surface area (Å²) in [6.45, 7) is 0. The number of anilines is 1. The molecule has 0 spiro atoms. The second-order valence-electron chi connectivity index (χ2n) is 4.30. The van der Waals surface area contributed by atoms with Gasteiger partial charge in [-0.05, 0) is 36.6 Å². The van der Waals surface area contributed by atoms with Crippen molar-refractivity contribution in [3.63, 3.8) is 0 Å². The van der Waals surface area contributed by atoms with Crippen LogP contribution >= 0.6 is 11.8 Å². The quantitative estimate of drug-likeness (QED) is 0.837. The second kappa shape index (κ2) is 7.06. The molecule has 0 saturated heterocycles. The fourth-order valence-corrected chi connectivity index (χ4v) is 2.18. The standard InChI is InChI=1S/C13H17N5OS/c1-20-6-5-12(14)13(19)17-10-3-2-4-11(7-10)18-8-15-16-9-18/h2-4,7-9,12H,5-6,14H2,1H3,(H,17,19)/t12-/m0/s1. The molecule has 0 aliphatic carbocycles. The summed E-state index contributed by atoms with van der Waals surface area (Å²) in [4.78, 5) is 11.9. The number of hydrogen-bond donors (Lipinski definition) is 2. The van der Waals surface area contributed by atoms with Gasteiger partial charge in [0.05, 0.1) is 11.7 Å². The zero-order valence-corrected chi connectivity index (χ0v) is 12.0. The first-order valence-corrected chi connectivity index (χ1v) is 7.60. The van der Waals surface area contributed by atoms with Crippen molar-refractivity contribution in [3.05, 3.63) is 36.9 Å². The monoisotopic (exact) mass is 291 g/mol. The molecule has 1 atom stereocenters. The molecule has 0 radical (unpaired) electrons. The van der Waals surface area contributed by atoms with Gasteiger partial charge in [-0.1, -0.05) is 6.07 Å². The van der Waals surface area contributed by atoms with Crippen molar-refractivity contribution < 1.29 is 4.79 Å². The summed E-state index contributed by atoms with van der Waals surface area (Å²) >= 11 is 1.68. The highest BCUT2D eigenvalue weighted by molar-refractivity contribution is 7.98. The lowest BCUT2D eigenvalue weighted by Crippen LogP contribution is -2.36. The van der Waals surface area contributed by atoms with Crippen LogP contribution in [-0.4, -0.2) is 38.7 Å². The molecule has 0 bridgehead atoms. The molecular formula is C13H17N5OS. The van der Waals surface area contributed by atoms with Gasteiger partial charge >= 0.3 is 0 Å². The smallest absolute Gasteiger partial charge is 0.241 e. The van der Waals surface area contributed by atoms with Crippen LogP contribution in [0.15, 0.2) is 36.9 Å². The van der Waals surface area contributed by atoms with Gasteiger partial charge in [0.2, 0.25) is 5.91 Å². The van der Waals surface area contributed by atoms with E-state index < -0.39 is 6.04 Å². The van der Waals surface area contributed by atoms with Crippen LogP contribution in [0, 0.1) is 0 Å². The van der Waals surface area contributed by atoms with Crippen LogP contribution in [0.5, 0.6) is 0 Å². The fraction of sp³-hybridized carbons (Fsp3) is 0.308. The molecule has 1 aromatic heterocycles. The Morgan fingerprint density at radius 1 is 1.45 bits per heavy atom. The van der Waals surface area contributed by atoms with Gasteiger partial charge in [0.15, 0.2) is 0 Å². The Labute approximate surface area is 121 Å². The summed E-state index contributed by atoms with van der Waals surface area (Å²) in [5, 5.41) is 10.3. The molecular weight excluding hydrogens is 274 g/mol. The lowest BCUT2D eigenvalue weighted by atomic mass is 10.2. The number of amides is 1. The van der Waals surface area contributed by atoms with E-state index in [4.69, 9.17) is 5.73 Å². The second-order valence-corrected chi connectivity index (χ2v) is 5.28. The maximum absolute atomic E-state index is 11.9. The fourth-order valence-electron chi connectivity index (χ4n) is 1.69. The Morgan fingerprint density at radius 2 is 2.20 bits per heavy atom. The highest BCUT2D eigenvalue weighted by Crippen LogP contribution is 2.14. The predicted octanol–water partition coefficient (Wildman–Crippen LogP) is 1.29. The lowest BCUT2D eigenvalue weighted by molar-refractivity contribution is -0.117. The normalized spacial score (nSPS) is 12.1. The third-order valence-corrected chi connectivity index (χ3v) is 3.44. The number of nitrogens with one attached hydrogen (secondary N) is 1. The lowest BCUT2D eigenvalue weighted by Gasteiger charge is -2.12. The molecule has 2 aromatic rings. The van der Waals surface area contributed by atoms with Crippen molar-refractivity contribution in [2.75, 3.05) is 17.3 Å². The van der Waals surface area contributed by atoms with E-state index in [1.165, 1.54) is 0 Å². The van der Waals surface area contributed by atoms with Gasteiger partial charge in [-0.25, -0.2) is 0 Å². The van der Waals surface area contributed by atoms with Crippen LogP contribution in [0.2, 0.25) is 0 Å². The van der Waals surface area contributed by atoms with Crippen LogP contribution in [0.4, 0.5) is 5.69 Å². The molecule has 0 saturated carbocycles. The zero-order chi connectivity index (χ0) is 14.4. The molecule has 106 valence electrons.